The fourth-order valence-electron chi connectivity index (χ4n) is 2.30. The predicted octanol–water partition coefficient (Wildman–Crippen LogP) is 3.42. The van der Waals surface area contributed by atoms with Gasteiger partial charge >= 0.3 is 0 Å². The molecule has 0 aliphatic carbocycles. The second-order valence-electron chi connectivity index (χ2n) is 5.31. The van der Waals surface area contributed by atoms with Gasteiger partial charge in [0.15, 0.2) is 0 Å². The number of nitrogens with zero attached hydrogens (tertiary/aromatic N) is 2. The quantitative estimate of drug-likeness (QED) is 0.731. The van der Waals surface area contributed by atoms with E-state index in [0.717, 1.165) is 0 Å². The van der Waals surface area contributed by atoms with Gasteiger partial charge in [0.2, 0.25) is 15.9 Å². The summed E-state index contributed by atoms with van der Waals surface area (Å²) >= 11 is 6.08. The average Bonchev–Trinajstić information content (AvgIpc) is 2.63. The molecular formula is C18H20ClN3O3S. The Bertz CT molecular complexity index is 895. The van der Waals surface area contributed by atoms with Crippen molar-refractivity contribution in [1.82, 2.24) is 9.29 Å². The van der Waals surface area contributed by atoms with Crippen LogP contribution in [-0.2, 0) is 14.8 Å². The first-order valence-electron chi connectivity index (χ1n) is 8.08. The van der Waals surface area contributed by atoms with Gasteiger partial charge in [-0.05, 0) is 36.4 Å². The number of rotatable bonds is 7. The van der Waals surface area contributed by atoms with Crippen LogP contribution >= 0.6 is 11.6 Å². The molecule has 26 heavy (non-hydrogen) atoms. The van der Waals surface area contributed by atoms with E-state index in [2.05, 4.69) is 10.3 Å². The minimum Gasteiger partial charge on any atom is -0.322 e. The number of amides is 1. The van der Waals surface area contributed by atoms with Crippen molar-refractivity contribution in [3.05, 3.63) is 59.4 Å². The Hall–Kier alpha value is -2.22. The molecule has 0 fully saturated rings. The highest BCUT2D eigenvalue weighted by Gasteiger charge is 2.24. The van der Waals surface area contributed by atoms with E-state index in [9.17, 15) is 13.2 Å². The van der Waals surface area contributed by atoms with Gasteiger partial charge in [-0.1, -0.05) is 31.5 Å². The van der Waals surface area contributed by atoms with E-state index >= 15 is 0 Å². The molecule has 0 saturated carbocycles. The first-order chi connectivity index (χ1) is 12.4. The molecule has 0 spiro atoms. The first-order valence-corrected chi connectivity index (χ1v) is 9.90. The summed E-state index contributed by atoms with van der Waals surface area (Å²) in [7, 11) is -3.72. The zero-order chi connectivity index (χ0) is 19.2. The van der Waals surface area contributed by atoms with Gasteiger partial charge in [0.05, 0.1) is 10.7 Å². The highest BCUT2D eigenvalue weighted by Crippen LogP contribution is 2.27. The van der Waals surface area contributed by atoms with Crippen molar-refractivity contribution in [1.29, 1.82) is 0 Å². The maximum atomic E-state index is 12.7. The van der Waals surface area contributed by atoms with E-state index in [1.54, 1.807) is 44.3 Å². The first kappa shape index (κ1) is 20.1. The summed E-state index contributed by atoms with van der Waals surface area (Å²) in [5, 5.41) is 2.74. The molecule has 1 amide bonds. The number of aromatic nitrogens is 1. The van der Waals surface area contributed by atoms with Crippen LogP contribution in [0, 0.1) is 0 Å². The van der Waals surface area contributed by atoms with Crippen molar-refractivity contribution >= 4 is 39.3 Å². The fraction of sp³-hybridized carbons (Fsp3) is 0.222. The monoisotopic (exact) mass is 393 g/mol. The third kappa shape index (κ3) is 4.91. The van der Waals surface area contributed by atoms with Crippen LogP contribution in [0.25, 0.3) is 6.08 Å². The molecule has 1 N–H and O–H groups in total. The largest absolute Gasteiger partial charge is 0.322 e. The van der Waals surface area contributed by atoms with Crippen molar-refractivity contribution in [3.63, 3.8) is 0 Å². The molecule has 0 radical (unpaired) electrons. The molecule has 0 unspecified atom stereocenters. The molecule has 2 rings (SSSR count). The number of nitrogens with one attached hydrogen (secondary N) is 1. The Labute approximate surface area is 158 Å². The van der Waals surface area contributed by atoms with E-state index in [1.165, 1.54) is 22.5 Å². The number of benzene rings is 1. The summed E-state index contributed by atoms with van der Waals surface area (Å²) in [6.45, 7) is 4.17. The molecule has 2 aromatic rings. The number of pyridine rings is 1. The van der Waals surface area contributed by atoms with Crippen LogP contribution in [0.5, 0.6) is 0 Å². The normalized spacial score (nSPS) is 11.8. The van der Waals surface area contributed by atoms with Crippen LogP contribution in [-0.4, -0.2) is 36.7 Å². The number of sulfonamides is 1. The van der Waals surface area contributed by atoms with Gasteiger partial charge in [-0.3, -0.25) is 9.78 Å². The summed E-state index contributed by atoms with van der Waals surface area (Å²) in [6.07, 6.45) is 4.52. The summed E-state index contributed by atoms with van der Waals surface area (Å²) in [4.78, 5) is 16.1. The molecule has 1 heterocycles. The standard InChI is InChI=1S/C18H20ClN3O3S/c1-3-22(4-2)26(24,25)17-13-15(8-10-16(17)19)21-18(23)11-9-14-7-5-6-12-20-14/h5-13H,3-4H2,1-2H3,(H,21,23). The van der Waals surface area contributed by atoms with Crippen molar-refractivity contribution in [3.8, 4) is 0 Å². The minimum absolute atomic E-state index is 0.0330. The molecule has 6 nitrogen and oxygen atoms in total. The number of carbonyl (C=O) groups is 1. The van der Waals surface area contributed by atoms with Gasteiger partial charge in [-0.25, -0.2) is 8.42 Å². The summed E-state index contributed by atoms with van der Waals surface area (Å²) in [5.74, 6) is -0.399. The Balaban J connectivity index is 2.21. The van der Waals surface area contributed by atoms with Crippen LogP contribution in [0.4, 0.5) is 5.69 Å². The molecule has 0 bridgehead atoms. The molecule has 0 aliphatic heterocycles. The maximum Gasteiger partial charge on any atom is 0.248 e. The Morgan fingerprint density at radius 1 is 1.23 bits per heavy atom. The second-order valence-corrected chi connectivity index (χ2v) is 7.63. The average molecular weight is 394 g/mol. The zero-order valence-electron chi connectivity index (χ0n) is 14.5. The van der Waals surface area contributed by atoms with Crippen molar-refractivity contribution in [2.24, 2.45) is 0 Å². The van der Waals surface area contributed by atoms with Gasteiger partial charge in [0, 0.05) is 31.0 Å². The molecule has 8 heteroatoms. The third-order valence-corrected chi connectivity index (χ3v) is 6.15. The maximum absolute atomic E-state index is 12.7. The summed E-state index contributed by atoms with van der Waals surface area (Å²) in [5.41, 5.74) is 0.986. The van der Waals surface area contributed by atoms with Gasteiger partial charge < -0.3 is 5.32 Å². The molecule has 138 valence electrons. The molecule has 1 aromatic heterocycles. The molecule has 1 aromatic carbocycles. The lowest BCUT2D eigenvalue weighted by Gasteiger charge is -2.19. The number of hydrogen-bond acceptors (Lipinski definition) is 4. The highest BCUT2D eigenvalue weighted by atomic mass is 35.5. The predicted molar refractivity (Wildman–Crippen MR) is 103 cm³/mol. The van der Waals surface area contributed by atoms with Crippen LogP contribution in [0.2, 0.25) is 5.02 Å². The van der Waals surface area contributed by atoms with Crippen molar-refractivity contribution < 1.29 is 13.2 Å². The van der Waals surface area contributed by atoms with Crippen LogP contribution < -0.4 is 5.32 Å². The number of halogens is 1. The highest BCUT2D eigenvalue weighted by molar-refractivity contribution is 7.89. The summed E-state index contributed by atoms with van der Waals surface area (Å²) < 4.78 is 26.6. The van der Waals surface area contributed by atoms with Crippen molar-refractivity contribution in [2.75, 3.05) is 18.4 Å². The molecule has 0 saturated heterocycles. The Morgan fingerprint density at radius 2 is 1.96 bits per heavy atom. The van der Waals surface area contributed by atoms with Crippen molar-refractivity contribution in [2.45, 2.75) is 18.7 Å². The van der Waals surface area contributed by atoms with E-state index in [4.69, 9.17) is 11.6 Å². The van der Waals surface area contributed by atoms with E-state index in [1.807, 2.05) is 6.07 Å². The third-order valence-electron chi connectivity index (χ3n) is 3.62. The van der Waals surface area contributed by atoms with Gasteiger partial charge in [-0.2, -0.15) is 4.31 Å². The lowest BCUT2D eigenvalue weighted by atomic mass is 10.3. The smallest absolute Gasteiger partial charge is 0.248 e. The Morgan fingerprint density at radius 3 is 2.58 bits per heavy atom. The van der Waals surface area contributed by atoms with Crippen LogP contribution in [0.3, 0.4) is 0 Å². The van der Waals surface area contributed by atoms with E-state index < -0.39 is 15.9 Å². The van der Waals surface area contributed by atoms with Crippen LogP contribution in [0.15, 0.2) is 53.6 Å². The van der Waals surface area contributed by atoms with Crippen LogP contribution in [0.1, 0.15) is 19.5 Å². The topological polar surface area (TPSA) is 79.4 Å². The fourth-order valence-corrected chi connectivity index (χ4v) is 4.26. The SMILES string of the molecule is CCN(CC)S(=O)(=O)c1cc(NC(=O)C=Cc2ccccn2)ccc1Cl. The van der Waals surface area contributed by atoms with Gasteiger partial charge in [0.25, 0.3) is 0 Å². The lowest BCUT2D eigenvalue weighted by molar-refractivity contribution is -0.111. The molecule has 0 atom stereocenters. The Kier molecular flexibility index (Phi) is 6.90. The number of carbonyl (C=O) groups excluding carboxylic acids is 1. The van der Waals surface area contributed by atoms with E-state index in [-0.39, 0.29) is 9.92 Å². The second kappa shape index (κ2) is 8.93. The molecule has 0 aliphatic rings. The number of hydrogen-bond donors (Lipinski definition) is 1. The van der Waals surface area contributed by atoms with Gasteiger partial charge in [-0.15, -0.1) is 0 Å². The lowest BCUT2D eigenvalue weighted by Crippen LogP contribution is -2.30. The summed E-state index contributed by atoms with van der Waals surface area (Å²) in [6, 6.07) is 9.73. The molecular weight excluding hydrogens is 374 g/mol. The zero-order valence-corrected chi connectivity index (χ0v) is 16.1. The van der Waals surface area contributed by atoms with E-state index in [0.29, 0.717) is 24.5 Å². The number of anilines is 1. The minimum atomic E-state index is -3.72. The van der Waals surface area contributed by atoms with Gasteiger partial charge in [0.1, 0.15) is 4.90 Å².